The SMILES string of the molecule is COC(=O)C(=O)N1CCCC1C(=O)N[C@H](Cc1ccccc1)C(=O)Nc1ccccc1OCC(=O)N[C@@H](Cc1ccc(OS(=O)(=O)O)cc1)C(=O)N[C@@H](COS(=O)(=O)O)C(=O)N[C@@H](Cc1ccc(OS(=O)(=O)O)cc1)C(=O)N[C@@H](CC(=O)OS(=O)(=O)O)C(=O)N[C@@H](CC(C)C)C(=O)N[C@@H](CC(=O)OS(=O)(=O)O)C(=O)N[C@@H](Cc1ccc(OS(=O)(=O)O)cc1)C(=O)N[C@@H](Cc1ccc(OS(=O)(=O)O)cc1)C(=O)O. The van der Waals surface area contributed by atoms with E-state index >= 15 is 4.79 Å². The number of aliphatic carboxylic acids is 1. The number of likely N-dealkylation sites (tertiary alicyclic amines) is 1. The zero-order valence-electron chi connectivity index (χ0n) is 73.4. The molecule has 774 valence electrons. The van der Waals surface area contributed by atoms with Gasteiger partial charge < -0.3 is 97.7 Å². The summed E-state index contributed by atoms with van der Waals surface area (Å²) in [5, 5.41) is 31.8. The highest BCUT2D eigenvalue weighted by Crippen LogP contribution is 2.27. The third-order valence-electron chi connectivity index (χ3n) is 19.1. The average molecular weight is 2140 g/mol. The van der Waals surface area contributed by atoms with Gasteiger partial charge in [-0.1, -0.05) is 105 Å². The van der Waals surface area contributed by atoms with E-state index in [1.807, 2.05) is 26.6 Å². The number of methoxy groups -OCH3 is 1. The van der Waals surface area contributed by atoms with Gasteiger partial charge in [0.05, 0.1) is 32.2 Å². The number of para-hydroxylation sites is 2. The molecule has 1 saturated heterocycles. The molecule has 18 N–H and O–H groups in total. The predicted octanol–water partition coefficient (Wildman–Crippen LogP) is -4.11. The number of rotatable bonds is 52. The first-order valence-corrected chi connectivity index (χ1v) is 50.0. The van der Waals surface area contributed by atoms with E-state index in [-0.39, 0.29) is 59.5 Å². The quantitative estimate of drug-likeness (QED) is 0.00980. The zero-order valence-corrected chi connectivity index (χ0v) is 79.1. The van der Waals surface area contributed by atoms with Crippen LogP contribution in [0.25, 0.3) is 0 Å². The summed E-state index contributed by atoms with van der Waals surface area (Å²) in [5.74, 6) is -27.0. The number of benzene rings is 6. The van der Waals surface area contributed by atoms with Crippen molar-refractivity contribution in [2.24, 2.45) is 5.92 Å². The fourth-order valence-electron chi connectivity index (χ4n) is 13.1. The van der Waals surface area contributed by atoms with Gasteiger partial charge in [-0.3, -0.25) is 94.2 Å². The second kappa shape index (κ2) is 50.7. The van der Waals surface area contributed by atoms with Crippen LogP contribution >= 0.6 is 0 Å². The van der Waals surface area contributed by atoms with Crippen LogP contribution < -0.4 is 74.6 Å². The van der Waals surface area contributed by atoms with Crippen LogP contribution in [0.15, 0.2) is 152 Å². The van der Waals surface area contributed by atoms with Crippen LogP contribution in [0.1, 0.15) is 73.8 Å². The van der Waals surface area contributed by atoms with E-state index in [0.717, 1.165) is 109 Å². The Bertz CT molecular complexity index is 6510. The summed E-state index contributed by atoms with van der Waals surface area (Å²) < 4.78 is 271. The Morgan fingerprint density at radius 2 is 0.704 bits per heavy atom. The number of amides is 11. The second-order valence-electron chi connectivity index (χ2n) is 30.5. The molecule has 0 bridgehead atoms. The lowest BCUT2D eigenvalue weighted by Crippen LogP contribution is -2.61. The van der Waals surface area contributed by atoms with E-state index < -0.39 is 309 Å². The molecule has 6 aromatic carbocycles. The maximum Gasteiger partial charge on any atom is 0.448 e. The summed E-state index contributed by atoms with van der Waals surface area (Å²) in [6.45, 7) is -0.236. The molecular weight excluding hydrogens is 2050 g/mol. The van der Waals surface area contributed by atoms with Gasteiger partial charge in [-0.2, -0.15) is 58.9 Å². The lowest BCUT2D eigenvalue weighted by Gasteiger charge is -2.28. The van der Waals surface area contributed by atoms with Crippen molar-refractivity contribution in [2.45, 2.75) is 138 Å². The fraction of sp³-hybridized carbons (Fsp3) is 0.346. The molecule has 1 unspecified atom stereocenters. The smallest absolute Gasteiger partial charge is 0.448 e. The highest BCUT2D eigenvalue weighted by Gasteiger charge is 2.42. The number of nitrogens with zero attached hydrogens (tertiary/aromatic N) is 1. The number of carboxylic acids is 1. The first-order valence-electron chi connectivity index (χ1n) is 40.5. The van der Waals surface area contributed by atoms with E-state index in [1.54, 1.807) is 30.3 Å². The van der Waals surface area contributed by atoms with Gasteiger partial charge in [0.1, 0.15) is 89.2 Å². The minimum atomic E-state index is -5.92. The average Bonchev–Trinajstić information content (AvgIpc) is 1.80. The van der Waals surface area contributed by atoms with E-state index in [9.17, 15) is 158 Å². The molecule has 64 heteroatoms. The monoisotopic (exact) mass is 2140 g/mol. The van der Waals surface area contributed by atoms with Crippen LogP contribution in [0.2, 0.25) is 0 Å². The number of hydrogen-bond donors (Lipinski definition) is 18. The van der Waals surface area contributed by atoms with Gasteiger partial charge in [0.15, 0.2) is 6.61 Å². The van der Waals surface area contributed by atoms with Gasteiger partial charge in [0.25, 0.3) is 5.91 Å². The molecule has 1 aliphatic heterocycles. The molecule has 0 spiro atoms. The molecule has 7 rings (SSSR count). The lowest BCUT2D eigenvalue weighted by atomic mass is 10.0. The van der Waals surface area contributed by atoms with Crippen LogP contribution in [-0.4, -0.2) is 277 Å². The van der Waals surface area contributed by atoms with Crippen LogP contribution in [-0.2, 0) is 194 Å². The van der Waals surface area contributed by atoms with Gasteiger partial charge in [-0.05, 0) is 114 Å². The predicted molar refractivity (Wildman–Crippen MR) is 473 cm³/mol. The number of carbonyl (C=O) groups is 15. The van der Waals surface area contributed by atoms with Crippen LogP contribution in [0.3, 0.4) is 0 Å². The van der Waals surface area contributed by atoms with Crippen molar-refractivity contribution in [2.75, 3.05) is 32.2 Å². The van der Waals surface area contributed by atoms with E-state index in [2.05, 4.69) is 60.6 Å². The summed E-state index contributed by atoms with van der Waals surface area (Å²) in [4.78, 5) is 212. The van der Waals surface area contributed by atoms with Crippen molar-refractivity contribution < 1.29 is 207 Å². The molecule has 1 heterocycles. The van der Waals surface area contributed by atoms with Gasteiger partial charge in [0, 0.05) is 38.6 Å². The van der Waals surface area contributed by atoms with Crippen molar-refractivity contribution in [1.29, 1.82) is 0 Å². The number of anilines is 1. The number of hydrogen-bond acceptors (Lipinski definition) is 38. The van der Waals surface area contributed by atoms with Crippen molar-refractivity contribution in [3.05, 3.63) is 179 Å². The summed E-state index contributed by atoms with van der Waals surface area (Å²) in [6.07, 6.45) is -7.45. The van der Waals surface area contributed by atoms with Crippen molar-refractivity contribution in [3.8, 4) is 28.7 Å². The summed E-state index contributed by atoms with van der Waals surface area (Å²) >= 11 is 0. The van der Waals surface area contributed by atoms with E-state index in [0.29, 0.717) is 5.56 Å². The van der Waals surface area contributed by atoms with Crippen molar-refractivity contribution in [3.63, 3.8) is 0 Å². The molecule has 0 saturated carbocycles. The first-order chi connectivity index (χ1) is 66.0. The molecule has 0 aromatic heterocycles. The van der Waals surface area contributed by atoms with E-state index in [4.69, 9.17) is 9.29 Å². The van der Waals surface area contributed by atoms with Gasteiger partial charge in [0.2, 0.25) is 53.2 Å². The Balaban J connectivity index is 1.22. The molecular formula is C78H89N11O46S7. The topological polar surface area (TPSA) is 863 Å². The van der Waals surface area contributed by atoms with Crippen LogP contribution in [0, 0.1) is 5.92 Å². The number of ether oxygens (including phenoxy) is 2. The minimum absolute atomic E-state index is 0.00184. The maximum absolute atomic E-state index is 15.1. The number of carbonyl (C=O) groups excluding carboxylic acids is 14. The molecule has 1 fully saturated rings. The van der Waals surface area contributed by atoms with Crippen LogP contribution in [0.5, 0.6) is 28.7 Å². The first kappa shape index (κ1) is 115. The normalized spacial score (nSPS) is 14.8. The summed E-state index contributed by atoms with van der Waals surface area (Å²) in [7, 11) is -37.3. The standard InChI is InChI=1S/C78H89N11O46S7/c1-42(2)32-53(67(93)84-59(39-66(92)135-142(124,125)126)73(99)82-56(36-46-19-27-50(28-20-46)132-139(115,116)117)71(97)87-60(77(103)104)37-47-21-29-51(30-22-47)133-140(118,119)120)81-72(98)58(38-65(91)134-141(121,122)123)85-70(96)55(35-45-17-25-49(26-18-45)131-138(112,113)114)83-74(100)61(40-129-136(106,107)108)88-68(94)54(34-44-15-23-48(24-16-44)130-137(109,110)111)79-64(90)41-128-63-14-8-7-12-52(63)80-69(95)57(33-43-10-5-4-6-11-43)86-75(101)62-13-9-31-89(62)76(102)78(105)127-3/h4-8,10-12,14-30,42,53-62H,9,13,31-41H2,1-3H3,(H,79,90)(H,80,95)(H,81,98)(H,82,99)(H,83,100)(H,84,93)(H,85,96)(H,86,101)(H,87,97)(H,88,94)(H,103,104)(H,106,107,108)(H,109,110,111)(H,112,113,114)(H,115,116,117)(H,118,119,120)(H,121,122,123)(H,124,125,126)/t53-,54-,55-,56-,57+,58-,59-,60-,61-,62?/m0/s1. The lowest BCUT2D eigenvalue weighted by molar-refractivity contribution is -0.159. The Hall–Kier alpha value is -14.3. The van der Waals surface area contributed by atoms with Gasteiger partial charge in [-0.25, -0.2) is 13.8 Å². The fourth-order valence-corrected chi connectivity index (χ4v) is 15.4. The second-order valence-corrected chi connectivity index (χ2v) is 37.7. The third-order valence-corrected chi connectivity index (χ3v) is 22.0. The van der Waals surface area contributed by atoms with Crippen LogP contribution in [0.4, 0.5) is 5.69 Å². The molecule has 6 aromatic rings. The number of esters is 1. The Morgan fingerprint density at radius 1 is 0.373 bits per heavy atom. The highest BCUT2D eigenvalue weighted by molar-refractivity contribution is 7.82. The largest absolute Gasteiger partial charge is 0.482 e. The van der Waals surface area contributed by atoms with Gasteiger partial charge in [-0.15, -0.1) is 0 Å². The zero-order chi connectivity index (χ0) is 106. The highest BCUT2D eigenvalue weighted by atomic mass is 32.3. The molecule has 1 aliphatic rings. The van der Waals surface area contributed by atoms with Gasteiger partial charge >= 0.3 is 103 Å². The molecule has 142 heavy (non-hydrogen) atoms. The van der Waals surface area contributed by atoms with Crippen molar-refractivity contribution in [1.82, 2.24) is 52.8 Å². The van der Waals surface area contributed by atoms with Crippen molar-refractivity contribution >= 4 is 167 Å². The Morgan fingerprint density at radius 3 is 1.08 bits per heavy atom. The molecule has 10 atom stereocenters. The number of nitrogens with one attached hydrogen (secondary N) is 10. The molecule has 11 amide bonds. The Kier molecular flexibility index (Phi) is 40.9. The summed E-state index contributed by atoms with van der Waals surface area (Å²) in [6, 6.07) is 6.77. The molecule has 57 nitrogen and oxygen atoms in total. The molecule has 0 radical (unpaired) electrons. The van der Waals surface area contributed by atoms with E-state index in [1.165, 1.54) is 38.1 Å². The Labute approximate surface area is 806 Å². The molecule has 0 aliphatic carbocycles. The third kappa shape index (κ3) is 41.2. The number of carboxylic acid groups (broad SMARTS) is 1. The summed E-state index contributed by atoms with van der Waals surface area (Å²) in [5.41, 5.74) is -0.126. The minimum Gasteiger partial charge on any atom is -0.482 e. The maximum atomic E-state index is 15.1.